The Bertz CT molecular complexity index is 626. The van der Waals surface area contributed by atoms with Gasteiger partial charge in [-0.15, -0.1) is 0 Å². The van der Waals surface area contributed by atoms with E-state index in [1.54, 1.807) is 7.11 Å². The van der Waals surface area contributed by atoms with Crippen molar-refractivity contribution < 1.29 is 8.95 Å². The Balaban J connectivity index is 2.27. The molecule has 0 amide bonds. The van der Waals surface area contributed by atoms with E-state index in [-0.39, 0.29) is 0 Å². The molecule has 1 atom stereocenters. The van der Waals surface area contributed by atoms with Crippen LogP contribution < -0.4 is 10.5 Å². The van der Waals surface area contributed by atoms with Crippen molar-refractivity contribution in [2.24, 2.45) is 5.73 Å². The van der Waals surface area contributed by atoms with Gasteiger partial charge in [0.25, 0.3) is 0 Å². The summed E-state index contributed by atoms with van der Waals surface area (Å²) < 4.78 is 17.8. The van der Waals surface area contributed by atoms with Crippen LogP contribution in [-0.2, 0) is 23.1 Å². The second-order valence-electron chi connectivity index (χ2n) is 4.66. The molecular weight excluding hydrogens is 270 g/mol. The zero-order valence-corrected chi connectivity index (χ0v) is 12.6. The van der Waals surface area contributed by atoms with Crippen LogP contribution in [0.15, 0.2) is 47.4 Å². The topological polar surface area (TPSA) is 52.3 Å². The first-order chi connectivity index (χ1) is 9.63. The number of hydrogen-bond acceptors (Lipinski definition) is 3. The molecule has 106 valence electrons. The highest BCUT2D eigenvalue weighted by molar-refractivity contribution is 7.84. The molecule has 2 aromatic rings. The predicted octanol–water partition coefficient (Wildman–Crippen LogP) is 2.77. The lowest BCUT2D eigenvalue weighted by Crippen LogP contribution is -2.02. The monoisotopic (exact) mass is 289 g/mol. The SMILES string of the molecule is COc1ccc(CN)cc1CS(=O)c1cccc(C)c1. The molecule has 0 fully saturated rings. The first-order valence-corrected chi connectivity index (χ1v) is 7.77. The van der Waals surface area contributed by atoms with Crippen LogP contribution in [-0.4, -0.2) is 11.3 Å². The molecule has 0 bridgehead atoms. The molecule has 2 rings (SSSR count). The van der Waals surface area contributed by atoms with Gasteiger partial charge in [-0.05, 0) is 42.3 Å². The number of ether oxygens (including phenoxy) is 1. The summed E-state index contributed by atoms with van der Waals surface area (Å²) in [6, 6.07) is 13.5. The largest absolute Gasteiger partial charge is 0.496 e. The van der Waals surface area contributed by atoms with Gasteiger partial charge in [0.1, 0.15) is 5.75 Å². The summed E-state index contributed by atoms with van der Waals surface area (Å²) in [7, 11) is 0.534. The Labute approximate surface area is 122 Å². The number of aryl methyl sites for hydroxylation is 1. The van der Waals surface area contributed by atoms with Crippen LogP contribution in [0.3, 0.4) is 0 Å². The van der Waals surface area contributed by atoms with Crippen LogP contribution in [0.25, 0.3) is 0 Å². The van der Waals surface area contributed by atoms with Crippen LogP contribution in [0.1, 0.15) is 16.7 Å². The second-order valence-corrected chi connectivity index (χ2v) is 6.11. The van der Waals surface area contributed by atoms with Gasteiger partial charge in [-0.2, -0.15) is 0 Å². The summed E-state index contributed by atoms with van der Waals surface area (Å²) in [6.07, 6.45) is 0. The Kier molecular flexibility index (Phi) is 4.93. The molecule has 20 heavy (non-hydrogen) atoms. The van der Waals surface area contributed by atoms with Crippen molar-refractivity contribution >= 4 is 10.8 Å². The fourth-order valence-electron chi connectivity index (χ4n) is 2.05. The predicted molar refractivity (Wildman–Crippen MR) is 82.2 cm³/mol. The number of methoxy groups -OCH3 is 1. The van der Waals surface area contributed by atoms with Gasteiger partial charge in [-0.25, -0.2) is 0 Å². The summed E-state index contributed by atoms with van der Waals surface area (Å²) in [5.41, 5.74) is 8.71. The average molecular weight is 289 g/mol. The maximum Gasteiger partial charge on any atom is 0.123 e. The van der Waals surface area contributed by atoms with E-state index < -0.39 is 10.8 Å². The van der Waals surface area contributed by atoms with E-state index in [0.717, 1.165) is 27.3 Å². The van der Waals surface area contributed by atoms with Crippen LogP contribution >= 0.6 is 0 Å². The Hall–Kier alpha value is -1.65. The molecule has 0 aliphatic carbocycles. The molecule has 0 aliphatic rings. The fraction of sp³-hybridized carbons (Fsp3) is 0.250. The molecule has 1 unspecified atom stereocenters. The lowest BCUT2D eigenvalue weighted by molar-refractivity contribution is 0.411. The maximum atomic E-state index is 12.5. The van der Waals surface area contributed by atoms with Crippen molar-refractivity contribution in [2.75, 3.05) is 7.11 Å². The van der Waals surface area contributed by atoms with Gasteiger partial charge >= 0.3 is 0 Å². The summed E-state index contributed by atoms with van der Waals surface area (Å²) in [6.45, 7) is 2.46. The first kappa shape index (κ1) is 14.8. The Morgan fingerprint density at radius 1 is 1.20 bits per heavy atom. The molecule has 2 aromatic carbocycles. The molecule has 3 nitrogen and oxygen atoms in total. The van der Waals surface area contributed by atoms with Crippen molar-refractivity contribution in [3.63, 3.8) is 0 Å². The molecule has 2 N–H and O–H groups in total. The van der Waals surface area contributed by atoms with E-state index in [9.17, 15) is 4.21 Å². The van der Waals surface area contributed by atoms with Crippen LogP contribution in [0.2, 0.25) is 0 Å². The third kappa shape index (κ3) is 3.46. The van der Waals surface area contributed by atoms with Crippen LogP contribution in [0.5, 0.6) is 5.75 Å². The van der Waals surface area contributed by atoms with Crippen molar-refractivity contribution in [3.8, 4) is 5.75 Å². The summed E-state index contributed by atoms with van der Waals surface area (Å²) in [5, 5.41) is 0. The molecule has 0 spiro atoms. The minimum absolute atomic E-state index is 0.431. The summed E-state index contributed by atoms with van der Waals surface area (Å²) in [4.78, 5) is 0.838. The first-order valence-electron chi connectivity index (χ1n) is 6.45. The fourth-order valence-corrected chi connectivity index (χ4v) is 3.28. The highest BCUT2D eigenvalue weighted by Gasteiger charge is 2.10. The van der Waals surface area contributed by atoms with Gasteiger partial charge in [-0.3, -0.25) is 4.21 Å². The Morgan fingerprint density at radius 2 is 2.00 bits per heavy atom. The zero-order valence-electron chi connectivity index (χ0n) is 11.8. The second kappa shape index (κ2) is 6.68. The van der Waals surface area contributed by atoms with E-state index in [1.807, 2.05) is 49.4 Å². The molecular formula is C16H19NO2S. The van der Waals surface area contributed by atoms with E-state index in [1.165, 1.54) is 0 Å². The standard InChI is InChI=1S/C16H19NO2S/c1-12-4-3-5-15(8-12)20(18)11-14-9-13(10-17)6-7-16(14)19-2/h3-9H,10-11,17H2,1-2H3. The highest BCUT2D eigenvalue weighted by Crippen LogP contribution is 2.23. The van der Waals surface area contributed by atoms with Gasteiger partial charge < -0.3 is 10.5 Å². The van der Waals surface area contributed by atoms with E-state index in [4.69, 9.17) is 10.5 Å². The lowest BCUT2D eigenvalue weighted by atomic mass is 10.1. The molecule has 0 saturated carbocycles. The molecule has 0 saturated heterocycles. The molecule has 4 heteroatoms. The third-order valence-corrected chi connectivity index (χ3v) is 4.47. The summed E-state index contributed by atoms with van der Waals surface area (Å²) >= 11 is 0. The molecule has 0 aliphatic heterocycles. The normalized spacial score (nSPS) is 12.2. The van der Waals surface area contributed by atoms with Crippen molar-refractivity contribution in [1.29, 1.82) is 0 Å². The lowest BCUT2D eigenvalue weighted by Gasteiger charge is -2.10. The van der Waals surface area contributed by atoms with E-state index in [0.29, 0.717) is 12.3 Å². The zero-order chi connectivity index (χ0) is 14.5. The highest BCUT2D eigenvalue weighted by atomic mass is 32.2. The molecule has 0 aromatic heterocycles. The van der Waals surface area contributed by atoms with Gasteiger partial charge in [0.2, 0.25) is 0 Å². The van der Waals surface area contributed by atoms with E-state index >= 15 is 0 Å². The van der Waals surface area contributed by atoms with Crippen LogP contribution in [0, 0.1) is 6.92 Å². The number of hydrogen-bond donors (Lipinski definition) is 1. The minimum atomic E-state index is -1.09. The quantitative estimate of drug-likeness (QED) is 0.921. The van der Waals surface area contributed by atoms with Gasteiger partial charge in [0.05, 0.1) is 23.7 Å². The van der Waals surface area contributed by atoms with Gasteiger partial charge in [0.15, 0.2) is 0 Å². The molecule has 0 heterocycles. The van der Waals surface area contributed by atoms with Crippen molar-refractivity contribution in [2.45, 2.75) is 24.1 Å². The number of benzene rings is 2. The third-order valence-electron chi connectivity index (χ3n) is 3.12. The number of nitrogens with two attached hydrogens (primary N) is 1. The van der Waals surface area contributed by atoms with Crippen LogP contribution in [0.4, 0.5) is 0 Å². The number of rotatable bonds is 5. The smallest absolute Gasteiger partial charge is 0.123 e. The van der Waals surface area contributed by atoms with Gasteiger partial charge in [0, 0.05) is 17.0 Å². The van der Waals surface area contributed by atoms with Crippen molar-refractivity contribution in [3.05, 3.63) is 59.2 Å². The average Bonchev–Trinajstić information content (AvgIpc) is 2.47. The summed E-state index contributed by atoms with van der Waals surface area (Å²) in [5.74, 6) is 1.18. The molecule has 0 radical (unpaired) electrons. The van der Waals surface area contributed by atoms with Crippen molar-refractivity contribution in [1.82, 2.24) is 0 Å². The van der Waals surface area contributed by atoms with E-state index in [2.05, 4.69) is 0 Å². The maximum absolute atomic E-state index is 12.5. The minimum Gasteiger partial charge on any atom is -0.496 e. The Morgan fingerprint density at radius 3 is 2.65 bits per heavy atom. The van der Waals surface area contributed by atoms with Gasteiger partial charge in [-0.1, -0.05) is 18.2 Å².